The molecule has 0 saturated carbocycles. The maximum Gasteiger partial charge on any atom is 0.259 e. The standard InChI is InChI=1S/C22H15ClN2O4/c23-14-2-1-3-15(11-14)25-22(27)17-6-5-16(20-21(17)28-20)19(26)13-4-7-18-12(10-13)8-9-24-29-18/h1-7,10-11,24H,8-9H2,(H,25,27). The Labute approximate surface area is 171 Å². The van der Waals surface area contributed by atoms with Crippen molar-refractivity contribution in [2.75, 3.05) is 11.9 Å². The Morgan fingerprint density at radius 2 is 1.83 bits per heavy atom. The van der Waals surface area contributed by atoms with E-state index >= 15 is 0 Å². The van der Waals surface area contributed by atoms with Crippen LogP contribution in [-0.2, 0) is 6.42 Å². The van der Waals surface area contributed by atoms with Crippen LogP contribution in [0.25, 0.3) is 0 Å². The van der Waals surface area contributed by atoms with Gasteiger partial charge in [0.1, 0.15) is 5.75 Å². The van der Waals surface area contributed by atoms with Gasteiger partial charge in [-0.3, -0.25) is 9.59 Å². The molecule has 2 aliphatic rings. The molecule has 2 N–H and O–H groups in total. The predicted molar refractivity (Wildman–Crippen MR) is 108 cm³/mol. The molecule has 2 aliphatic heterocycles. The minimum absolute atomic E-state index is 0.151. The van der Waals surface area contributed by atoms with Crippen molar-refractivity contribution < 1.29 is 19.2 Å². The second kappa shape index (κ2) is 6.92. The molecule has 6 nitrogen and oxygen atoms in total. The van der Waals surface area contributed by atoms with E-state index in [1.807, 2.05) is 6.07 Å². The molecule has 1 amide bonds. The molecule has 2 heterocycles. The summed E-state index contributed by atoms with van der Waals surface area (Å²) in [7, 11) is 0. The number of amides is 1. The van der Waals surface area contributed by atoms with Gasteiger partial charge in [0, 0.05) is 22.8 Å². The van der Waals surface area contributed by atoms with Crippen molar-refractivity contribution in [2.45, 2.75) is 6.42 Å². The molecule has 3 aromatic rings. The number of carbonyl (C=O) groups is 2. The first-order valence-corrected chi connectivity index (χ1v) is 9.47. The predicted octanol–water partition coefficient (Wildman–Crippen LogP) is 4.37. The first-order chi connectivity index (χ1) is 14.1. The van der Waals surface area contributed by atoms with Gasteiger partial charge in [-0.2, -0.15) is 5.48 Å². The van der Waals surface area contributed by atoms with Crippen LogP contribution in [-0.4, -0.2) is 18.2 Å². The summed E-state index contributed by atoms with van der Waals surface area (Å²) in [5.41, 5.74) is 5.77. The van der Waals surface area contributed by atoms with Gasteiger partial charge in [-0.1, -0.05) is 17.7 Å². The Morgan fingerprint density at radius 3 is 2.69 bits per heavy atom. The van der Waals surface area contributed by atoms with Crippen LogP contribution in [0.15, 0.2) is 54.6 Å². The smallest absolute Gasteiger partial charge is 0.259 e. The monoisotopic (exact) mass is 406 g/mol. The molecule has 3 aromatic carbocycles. The van der Waals surface area contributed by atoms with Crippen molar-refractivity contribution in [3.05, 3.63) is 81.9 Å². The number of hydrogen-bond donors (Lipinski definition) is 2. The Kier molecular flexibility index (Phi) is 4.23. The number of nitrogens with one attached hydrogen (secondary N) is 2. The Hall–Kier alpha value is -3.35. The van der Waals surface area contributed by atoms with Gasteiger partial charge >= 0.3 is 0 Å². The Bertz CT molecular complexity index is 1180. The van der Waals surface area contributed by atoms with E-state index in [1.165, 1.54) is 0 Å². The SMILES string of the molecule is O=C(Nc1cccc(Cl)c1)c1ccc(C(=O)c2ccc3c(c2)CCNO3)c2c1O2. The molecule has 7 heteroatoms. The van der Waals surface area contributed by atoms with Gasteiger partial charge in [0.25, 0.3) is 5.91 Å². The second-order valence-corrected chi connectivity index (χ2v) is 7.22. The third-order valence-corrected chi connectivity index (χ3v) is 5.08. The number of benzene rings is 3. The Balaban J connectivity index is 1.39. The number of hydroxylamine groups is 1. The number of fused-ring (bicyclic) bond motifs is 2. The van der Waals surface area contributed by atoms with E-state index in [0.29, 0.717) is 45.4 Å². The molecule has 29 heavy (non-hydrogen) atoms. The highest BCUT2D eigenvalue weighted by Gasteiger charge is 2.34. The summed E-state index contributed by atoms with van der Waals surface area (Å²) in [6.45, 7) is 0.694. The molecule has 0 aromatic heterocycles. The van der Waals surface area contributed by atoms with Gasteiger partial charge in [-0.15, -0.1) is 0 Å². The second-order valence-electron chi connectivity index (χ2n) is 6.78. The quantitative estimate of drug-likeness (QED) is 0.388. The van der Waals surface area contributed by atoms with E-state index in [2.05, 4.69) is 10.8 Å². The Morgan fingerprint density at radius 1 is 1.00 bits per heavy atom. The molecule has 0 bridgehead atoms. The van der Waals surface area contributed by atoms with Crippen molar-refractivity contribution in [1.82, 2.24) is 5.48 Å². The fourth-order valence-corrected chi connectivity index (χ4v) is 3.55. The molecule has 0 atom stereocenters. The largest absolute Gasteiger partial charge is 0.448 e. The zero-order valence-corrected chi connectivity index (χ0v) is 15.9. The van der Waals surface area contributed by atoms with Gasteiger partial charge in [-0.05, 0) is 60.5 Å². The summed E-state index contributed by atoms with van der Waals surface area (Å²) in [6.07, 6.45) is 0.785. The van der Waals surface area contributed by atoms with E-state index in [-0.39, 0.29) is 11.7 Å². The van der Waals surface area contributed by atoms with Gasteiger partial charge in [0.15, 0.2) is 17.3 Å². The molecule has 0 radical (unpaired) electrons. The van der Waals surface area contributed by atoms with Crippen molar-refractivity contribution in [3.63, 3.8) is 0 Å². The maximum absolute atomic E-state index is 12.9. The summed E-state index contributed by atoms with van der Waals surface area (Å²) in [5, 5.41) is 3.31. The zero-order valence-electron chi connectivity index (χ0n) is 15.1. The summed E-state index contributed by atoms with van der Waals surface area (Å²) < 4.78 is 5.50. The van der Waals surface area contributed by atoms with Crippen LogP contribution < -0.4 is 20.4 Å². The van der Waals surface area contributed by atoms with Crippen LogP contribution >= 0.6 is 11.6 Å². The normalized spacial score (nSPS) is 13.4. The molecular formula is C22H15ClN2O4. The summed E-state index contributed by atoms with van der Waals surface area (Å²) >= 11 is 5.95. The van der Waals surface area contributed by atoms with Crippen LogP contribution in [0.5, 0.6) is 17.2 Å². The van der Waals surface area contributed by atoms with Crippen molar-refractivity contribution in [1.29, 1.82) is 0 Å². The maximum atomic E-state index is 12.9. The van der Waals surface area contributed by atoms with Crippen LogP contribution in [0, 0.1) is 0 Å². The number of halogens is 1. The van der Waals surface area contributed by atoms with Crippen molar-refractivity contribution in [3.8, 4) is 17.2 Å². The van der Waals surface area contributed by atoms with Crippen LogP contribution in [0.2, 0.25) is 5.02 Å². The lowest BCUT2D eigenvalue weighted by atomic mass is 9.98. The average molecular weight is 407 g/mol. The number of carbonyl (C=O) groups excluding carboxylic acids is 2. The van der Waals surface area contributed by atoms with E-state index < -0.39 is 0 Å². The zero-order chi connectivity index (χ0) is 20.0. The highest BCUT2D eigenvalue weighted by molar-refractivity contribution is 6.31. The van der Waals surface area contributed by atoms with Gasteiger partial charge in [-0.25, -0.2) is 0 Å². The molecule has 0 aliphatic carbocycles. The van der Waals surface area contributed by atoms with Crippen LogP contribution in [0.4, 0.5) is 5.69 Å². The third-order valence-electron chi connectivity index (χ3n) is 4.85. The molecular weight excluding hydrogens is 392 g/mol. The van der Waals surface area contributed by atoms with Gasteiger partial charge < -0.3 is 14.9 Å². The first kappa shape index (κ1) is 17.7. The minimum atomic E-state index is -0.321. The lowest BCUT2D eigenvalue weighted by Gasteiger charge is -2.17. The third kappa shape index (κ3) is 3.33. The van der Waals surface area contributed by atoms with Crippen LogP contribution in [0.1, 0.15) is 31.8 Å². The van der Waals surface area contributed by atoms with Gasteiger partial charge in [0.05, 0.1) is 11.1 Å². The summed E-state index contributed by atoms with van der Waals surface area (Å²) in [4.78, 5) is 30.9. The number of rotatable bonds is 4. The average Bonchev–Trinajstić information content (AvgIpc) is 3.53. The number of hydrogen-bond acceptors (Lipinski definition) is 5. The van der Waals surface area contributed by atoms with Crippen molar-refractivity contribution in [2.24, 2.45) is 0 Å². The van der Waals surface area contributed by atoms with Gasteiger partial charge in [0.2, 0.25) is 0 Å². The number of anilines is 1. The highest BCUT2D eigenvalue weighted by atomic mass is 35.5. The molecule has 0 saturated heterocycles. The van der Waals surface area contributed by atoms with Crippen LogP contribution in [0.3, 0.4) is 0 Å². The highest BCUT2D eigenvalue weighted by Crippen LogP contribution is 2.51. The lowest BCUT2D eigenvalue weighted by molar-refractivity contribution is 0.102. The topological polar surface area (TPSA) is 80.0 Å². The molecule has 5 rings (SSSR count). The lowest BCUT2D eigenvalue weighted by Crippen LogP contribution is -2.26. The first-order valence-electron chi connectivity index (χ1n) is 9.09. The summed E-state index contributed by atoms with van der Waals surface area (Å²) in [6, 6.07) is 15.5. The minimum Gasteiger partial charge on any atom is -0.448 e. The summed E-state index contributed by atoms with van der Waals surface area (Å²) in [5.74, 6) is 1.14. The number of ketones is 1. The molecule has 0 fully saturated rings. The van der Waals surface area contributed by atoms with E-state index in [1.54, 1.807) is 48.5 Å². The van der Waals surface area contributed by atoms with Crippen molar-refractivity contribution >= 4 is 29.0 Å². The molecule has 0 unspecified atom stereocenters. The van der Waals surface area contributed by atoms with E-state index in [0.717, 1.165) is 17.7 Å². The molecule has 0 spiro atoms. The fraction of sp³-hybridized carbons (Fsp3) is 0.0909. The van der Waals surface area contributed by atoms with E-state index in [4.69, 9.17) is 21.2 Å². The fourth-order valence-electron chi connectivity index (χ4n) is 3.36. The number of ether oxygens (including phenoxy) is 1. The van der Waals surface area contributed by atoms with E-state index in [9.17, 15) is 9.59 Å². The molecule has 144 valence electrons.